The Labute approximate surface area is 125 Å². The molecular weight excluding hydrogens is 264 g/mol. The van der Waals surface area contributed by atoms with Crippen LogP contribution in [-0.2, 0) is 4.74 Å². The van der Waals surface area contributed by atoms with E-state index in [0.717, 1.165) is 30.8 Å². The Morgan fingerprint density at radius 3 is 2.76 bits per heavy atom. The van der Waals surface area contributed by atoms with Crippen molar-refractivity contribution in [3.63, 3.8) is 0 Å². The van der Waals surface area contributed by atoms with Crippen LogP contribution in [0.4, 0.5) is 5.69 Å². The number of nitrogens with zero attached hydrogens (tertiary/aromatic N) is 3. The smallest absolute Gasteiger partial charge is 0.138 e. The summed E-state index contributed by atoms with van der Waals surface area (Å²) >= 11 is 0. The average Bonchev–Trinajstić information content (AvgIpc) is 3.02. The molecule has 1 fully saturated rings. The third kappa shape index (κ3) is 3.42. The van der Waals surface area contributed by atoms with Crippen LogP contribution in [0.3, 0.4) is 0 Å². The van der Waals surface area contributed by atoms with Gasteiger partial charge in [-0.1, -0.05) is 13.8 Å². The van der Waals surface area contributed by atoms with Crippen LogP contribution in [0.1, 0.15) is 26.7 Å². The van der Waals surface area contributed by atoms with E-state index >= 15 is 0 Å². The zero-order valence-electron chi connectivity index (χ0n) is 12.6. The summed E-state index contributed by atoms with van der Waals surface area (Å²) in [5, 5.41) is 7.74. The summed E-state index contributed by atoms with van der Waals surface area (Å²) in [5.41, 5.74) is 2.17. The van der Waals surface area contributed by atoms with Crippen LogP contribution >= 0.6 is 0 Å². The van der Waals surface area contributed by atoms with E-state index < -0.39 is 0 Å². The Morgan fingerprint density at radius 1 is 1.29 bits per heavy atom. The maximum atomic E-state index is 5.82. The lowest BCUT2D eigenvalue weighted by molar-refractivity contribution is -0.0160. The first-order valence-corrected chi connectivity index (χ1v) is 7.55. The molecule has 0 amide bonds. The van der Waals surface area contributed by atoms with E-state index in [1.807, 2.05) is 0 Å². The van der Waals surface area contributed by atoms with Gasteiger partial charge in [0.15, 0.2) is 0 Å². The molecule has 2 atom stereocenters. The van der Waals surface area contributed by atoms with Crippen LogP contribution in [0.15, 0.2) is 36.9 Å². The molecule has 1 N–H and O–H groups in total. The van der Waals surface area contributed by atoms with E-state index in [1.165, 1.54) is 0 Å². The van der Waals surface area contributed by atoms with Crippen molar-refractivity contribution in [3.8, 4) is 5.69 Å². The molecule has 0 radical (unpaired) electrons. The summed E-state index contributed by atoms with van der Waals surface area (Å²) in [6.45, 7) is 5.29. The summed E-state index contributed by atoms with van der Waals surface area (Å²) in [7, 11) is 0. The van der Waals surface area contributed by atoms with Crippen LogP contribution in [0.2, 0.25) is 0 Å². The molecular formula is C16H22N4O. The molecule has 1 saturated heterocycles. The number of hydrogen-bond acceptors (Lipinski definition) is 4. The maximum Gasteiger partial charge on any atom is 0.138 e. The number of aromatic nitrogens is 3. The minimum absolute atomic E-state index is 0.366. The second-order valence-electron chi connectivity index (χ2n) is 5.91. The molecule has 2 heterocycles. The first kappa shape index (κ1) is 14.1. The van der Waals surface area contributed by atoms with Crippen LogP contribution in [0.25, 0.3) is 5.69 Å². The third-order valence-electron chi connectivity index (χ3n) is 3.98. The maximum absolute atomic E-state index is 5.82. The lowest BCUT2D eigenvalue weighted by Gasteiger charge is -2.33. The second kappa shape index (κ2) is 6.26. The summed E-state index contributed by atoms with van der Waals surface area (Å²) in [5.74, 6) is 0.573. The number of hydrogen-bond donors (Lipinski definition) is 1. The summed E-state index contributed by atoms with van der Waals surface area (Å²) < 4.78 is 7.57. The molecule has 2 aromatic rings. The van der Waals surface area contributed by atoms with Gasteiger partial charge in [-0.15, -0.1) is 0 Å². The highest BCUT2D eigenvalue weighted by molar-refractivity contribution is 5.49. The number of nitrogens with one attached hydrogen (secondary N) is 1. The van der Waals surface area contributed by atoms with Gasteiger partial charge in [-0.25, -0.2) is 9.67 Å². The van der Waals surface area contributed by atoms with Gasteiger partial charge in [0.25, 0.3) is 0 Å². The molecule has 0 aliphatic carbocycles. The lowest BCUT2D eigenvalue weighted by atomic mass is 9.95. The Kier molecular flexibility index (Phi) is 4.20. The first-order valence-electron chi connectivity index (χ1n) is 7.55. The van der Waals surface area contributed by atoms with Crippen LogP contribution in [0, 0.1) is 5.92 Å². The van der Waals surface area contributed by atoms with Crippen LogP contribution < -0.4 is 5.32 Å². The topological polar surface area (TPSA) is 52.0 Å². The Balaban J connectivity index is 1.62. The van der Waals surface area contributed by atoms with Crippen molar-refractivity contribution in [1.82, 2.24) is 14.8 Å². The van der Waals surface area contributed by atoms with E-state index in [9.17, 15) is 0 Å². The van der Waals surface area contributed by atoms with Crippen molar-refractivity contribution in [2.24, 2.45) is 5.92 Å². The van der Waals surface area contributed by atoms with Crippen molar-refractivity contribution in [3.05, 3.63) is 36.9 Å². The Morgan fingerprint density at radius 2 is 2.10 bits per heavy atom. The number of anilines is 1. The molecule has 1 aliphatic rings. The van der Waals surface area contributed by atoms with Crippen molar-refractivity contribution >= 4 is 5.69 Å². The number of ether oxygens (including phenoxy) is 1. The predicted molar refractivity (Wildman–Crippen MR) is 82.6 cm³/mol. The van der Waals surface area contributed by atoms with Gasteiger partial charge >= 0.3 is 0 Å². The van der Waals surface area contributed by atoms with Gasteiger partial charge in [0.2, 0.25) is 0 Å². The van der Waals surface area contributed by atoms with Gasteiger partial charge in [0, 0.05) is 18.3 Å². The van der Waals surface area contributed by atoms with Gasteiger partial charge in [-0.3, -0.25) is 0 Å². The van der Waals surface area contributed by atoms with Gasteiger partial charge in [0.1, 0.15) is 12.7 Å². The van der Waals surface area contributed by atoms with Gasteiger partial charge in [-0.05, 0) is 43.0 Å². The van der Waals surface area contributed by atoms with Crippen LogP contribution in [-0.4, -0.2) is 33.5 Å². The zero-order chi connectivity index (χ0) is 14.7. The van der Waals surface area contributed by atoms with E-state index in [-0.39, 0.29) is 0 Å². The van der Waals surface area contributed by atoms with Crippen molar-refractivity contribution < 1.29 is 4.74 Å². The SMILES string of the molecule is CC(C)C1CC(Nc2ccc(-n3cncn3)cc2)CCO1. The van der Waals surface area contributed by atoms with Crippen molar-refractivity contribution in [2.75, 3.05) is 11.9 Å². The third-order valence-corrected chi connectivity index (χ3v) is 3.98. The quantitative estimate of drug-likeness (QED) is 0.939. The molecule has 1 aromatic heterocycles. The molecule has 1 aliphatic heterocycles. The van der Waals surface area contributed by atoms with E-state index in [4.69, 9.17) is 4.74 Å². The van der Waals surface area contributed by atoms with E-state index in [1.54, 1.807) is 17.3 Å². The molecule has 21 heavy (non-hydrogen) atoms. The molecule has 0 saturated carbocycles. The highest BCUT2D eigenvalue weighted by atomic mass is 16.5. The fraction of sp³-hybridized carbons (Fsp3) is 0.500. The molecule has 3 rings (SSSR count). The predicted octanol–water partition coefficient (Wildman–Crippen LogP) is 2.88. The second-order valence-corrected chi connectivity index (χ2v) is 5.91. The molecule has 0 spiro atoms. The average molecular weight is 286 g/mol. The van der Waals surface area contributed by atoms with Gasteiger partial charge in [-0.2, -0.15) is 5.10 Å². The fourth-order valence-electron chi connectivity index (χ4n) is 2.71. The Hall–Kier alpha value is -1.88. The Bertz CT molecular complexity index is 550. The normalized spacial score (nSPS) is 22.4. The van der Waals surface area contributed by atoms with Crippen molar-refractivity contribution in [1.29, 1.82) is 0 Å². The molecule has 112 valence electrons. The molecule has 2 unspecified atom stereocenters. The minimum Gasteiger partial charge on any atom is -0.382 e. The van der Waals surface area contributed by atoms with Gasteiger partial charge < -0.3 is 10.1 Å². The zero-order valence-corrected chi connectivity index (χ0v) is 12.6. The largest absolute Gasteiger partial charge is 0.382 e. The van der Waals surface area contributed by atoms with Crippen molar-refractivity contribution in [2.45, 2.75) is 38.8 Å². The van der Waals surface area contributed by atoms with E-state index in [0.29, 0.717) is 18.1 Å². The highest BCUT2D eigenvalue weighted by Crippen LogP contribution is 2.23. The molecule has 0 bridgehead atoms. The van der Waals surface area contributed by atoms with Gasteiger partial charge in [0.05, 0.1) is 11.8 Å². The van der Waals surface area contributed by atoms with Crippen LogP contribution in [0.5, 0.6) is 0 Å². The molecule has 1 aromatic carbocycles. The summed E-state index contributed by atoms with van der Waals surface area (Å²) in [6, 6.07) is 8.78. The standard InChI is InChI=1S/C16H22N4O/c1-12(2)16-9-14(7-8-21-16)19-13-3-5-15(6-4-13)20-11-17-10-18-20/h3-6,10-12,14,16,19H,7-9H2,1-2H3. The minimum atomic E-state index is 0.366. The summed E-state index contributed by atoms with van der Waals surface area (Å²) in [6.07, 6.45) is 5.75. The number of benzene rings is 1. The molecule has 5 heteroatoms. The summed E-state index contributed by atoms with van der Waals surface area (Å²) in [4.78, 5) is 3.96. The first-order chi connectivity index (χ1) is 10.2. The molecule has 5 nitrogen and oxygen atoms in total. The highest BCUT2D eigenvalue weighted by Gasteiger charge is 2.24. The monoisotopic (exact) mass is 286 g/mol. The fourth-order valence-corrected chi connectivity index (χ4v) is 2.71. The number of rotatable bonds is 4. The van der Waals surface area contributed by atoms with E-state index in [2.05, 4.69) is 53.5 Å². The lowest BCUT2D eigenvalue weighted by Crippen LogP contribution is -2.36.